The molecule has 0 bridgehead atoms. The van der Waals surface area contributed by atoms with E-state index in [9.17, 15) is 19.4 Å². The summed E-state index contributed by atoms with van der Waals surface area (Å²) in [4.78, 5) is 23.2. The highest BCUT2D eigenvalue weighted by atomic mass is 31.2. The maximum absolute atomic E-state index is 12.9. The maximum atomic E-state index is 12.9. The lowest BCUT2D eigenvalue weighted by Crippen LogP contribution is -2.45. The number of aliphatic hydroxyl groups excluding tert-OH is 1. The highest BCUT2D eigenvalue weighted by molar-refractivity contribution is 7.47. The Morgan fingerprint density at radius 3 is 1.23 bits per heavy atom. The third-order valence-electron chi connectivity index (χ3n) is 13.3. The summed E-state index contributed by atoms with van der Waals surface area (Å²) in [5, 5.41) is 13.8. The highest BCUT2D eigenvalue weighted by Crippen LogP contribution is 2.43. The van der Waals surface area contributed by atoms with Crippen LogP contribution in [0.25, 0.3) is 0 Å². The summed E-state index contributed by atoms with van der Waals surface area (Å²) in [6.45, 7) is 4.68. The fourth-order valence-electron chi connectivity index (χ4n) is 8.67. The summed E-state index contributed by atoms with van der Waals surface area (Å²) in [6.07, 6.45) is 68.4. The second kappa shape index (κ2) is 51.4. The lowest BCUT2D eigenvalue weighted by molar-refractivity contribution is -0.870. The van der Waals surface area contributed by atoms with Gasteiger partial charge < -0.3 is 19.8 Å². The molecule has 0 aromatic carbocycles. The zero-order chi connectivity index (χ0) is 50.6. The van der Waals surface area contributed by atoms with Crippen molar-refractivity contribution in [1.29, 1.82) is 0 Å². The minimum Gasteiger partial charge on any atom is -0.387 e. The van der Waals surface area contributed by atoms with Gasteiger partial charge in [-0.25, -0.2) is 4.57 Å². The standard InChI is InChI=1S/C60H115N2O6P/c1-6-8-10-12-14-16-18-19-20-21-22-23-24-25-26-27-28-29-30-31-32-33-34-35-36-37-38-39-40-41-42-43-44-46-48-50-52-54-60(64)61-58(57-68-69(65,66)67-56-55-62(3,4)5)59(63)53-51-49-47-45-17-15-13-11-9-7-2/h9,11,17,29-30,45,51,53,58-59,63H,6-8,10,12-16,18-28,31-44,46-50,52,54-57H2,1-5H3,(H-,61,64,65,66)/p+1/b11-9+,30-29-,45-17+,53-51+. The normalized spacial score (nSPS) is 14.2. The van der Waals surface area contributed by atoms with Crippen LogP contribution in [-0.4, -0.2) is 73.4 Å². The number of carbonyl (C=O) groups is 1. The Bertz CT molecular complexity index is 1260. The van der Waals surface area contributed by atoms with Gasteiger partial charge in [0.1, 0.15) is 13.2 Å². The average molecular weight is 993 g/mol. The monoisotopic (exact) mass is 992 g/mol. The highest BCUT2D eigenvalue weighted by Gasteiger charge is 2.27. The van der Waals surface area contributed by atoms with E-state index in [2.05, 4.69) is 55.6 Å². The van der Waals surface area contributed by atoms with Crippen LogP contribution in [0.3, 0.4) is 0 Å². The average Bonchev–Trinajstić information content (AvgIpc) is 3.31. The first-order valence-electron chi connectivity index (χ1n) is 29.5. The summed E-state index contributed by atoms with van der Waals surface area (Å²) < 4.78 is 23.6. The van der Waals surface area contributed by atoms with Crippen molar-refractivity contribution in [2.24, 2.45) is 0 Å². The fourth-order valence-corrected chi connectivity index (χ4v) is 9.40. The van der Waals surface area contributed by atoms with Gasteiger partial charge in [0.15, 0.2) is 0 Å². The molecule has 3 unspecified atom stereocenters. The number of likely N-dealkylation sites (N-methyl/N-ethyl adjacent to an activating group) is 1. The smallest absolute Gasteiger partial charge is 0.387 e. The Hall–Kier alpha value is -1.54. The molecule has 0 rings (SSSR count). The van der Waals surface area contributed by atoms with Crippen LogP contribution in [0.2, 0.25) is 0 Å². The molecule has 0 aromatic rings. The summed E-state index contributed by atoms with van der Waals surface area (Å²) in [7, 11) is 1.55. The quantitative estimate of drug-likeness (QED) is 0.0243. The first-order valence-corrected chi connectivity index (χ1v) is 31.0. The number of rotatable bonds is 54. The number of nitrogens with zero attached hydrogens (tertiary/aromatic N) is 1. The van der Waals surface area contributed by atoms with Gasteiger partial charge in [0.25, 0.3) is 0 Å². The summed E-state index contributed by atoms with van der Waals surface area (Å²) in [6, 6.07) is -0.868. The number of hydrogen-bond donors (Lipinski definition) is 3. The van der Waals surface area contributed by atoms with Gasteiger partial charge in [0.2, 0.25) is 5.91 Å². The maximum Gasteiger partial charge on any atom is 0.472 e. The van der Waals surface area contributed by atoms with Crippen LogP contribution in [0.5, 0.6) is 0 Å². The predicted molar refractivity (Wildman–Crippen MR) is 300 cm³/mol. The second-order valence-electron chi connectivity index (χ2n) is 21.3. The molecule has 0 fully saturated rings. The molecular formula is C60H116N2O6P+. The molecule has 0 heterocycles. The van der Waals surface area contributed by atoms with E-state index in [1.807, 2.05) is 27.2 Å². The molecule has 0 spiro atoms. The molecular weight excluding hydrogens is 876 g/mol. The van der Waals surface area contributed by atoms with Crippen molar-refractivity contribution >= 4 is 13.7 Å². The molecule has 0 aliphatic carbocycles. The number of phosphoric ester groups is 1. The summed E-state index contributed by atoms with van der Waals surface area (Å²) in [5.41, 5.74) is 0. The first-order chi connectivity index (χ1) is 33.5. The molecule has 3 atom stereocenters. The number of nitrogens with one attached hydrogen (secondary N) is 1. The number of amides is 1. The van der Waals surface area contributed by atoms with Crippen molar-refractivity contribution in [3.05, 3.63) is 48.6 Å². The molecule has 9 heteroatoms. The van der Waals surface area contributed by atoms with Crippen molar-refractivity contribution in [1.82, 2.24) is 5.32 Å². The van der Waals surface area contributed by atoms with Gasteiger partial charge in [-0.05, 0) is 64.2 Å². The largest absolute Gasteiger partial charge is 0.472 e. The van der Waals surface area contributed by atoms with E-state index < -0.39 is 20.0 Å². The van der Waals surface area contributed by atoms with E-state index in [0.29, 0.717) is 17.4 Å². The molecule has 8 nitrogen and oxygen atoms in total. The number of aliphatic hydroxyl groups is 1. The van der Waals surface area contributed by atoms with E-state index in [1.54, 1.807) is 6.08 Å². The van der Waals surface area contributed by atoms with E-state index in [-0.39, 0.29) is 19.1 Å². The van der Waals surface area contributed by atoms with Crippen LogP contribution >= 0.6 is 7.82 Å². The Morgan fingerprint density at radius 2 is 0.841 bits per heavy atom. The number of allylic oxidation sites excluding steroid dienone is 7. The van der Waals surface area contributed by atoms with Crippen molar-refractivity contribution in [3.63, 3.8) is 0 Å². The van der Waals surface area contributed by atoms with Crippen LogP contribution in [-0.2, 0) is 18.4 Å². The summed E-state index contributed by atoms with van der Waals surface area (Å²) >= 11 is 0. The zero-order valence-corrected chi connectivity index (χ0v) is 47.2. The number of unbranched alkanes of at least 4 members (excludes halogenated alkanes) is 35. The summed E-state index contributed by atoms with van der Waals surface area (Å²) in [5.74, 6) is -0.191. The van der Waals surface area contributed by atoms with E-state index in [1.165, 1.54) is 205 Å². The van der Waals surface area contributed by atoms with E-state index >= 15 is 0 Å². The minimum atomic E-state index is -4.35. The zero-order valence-electron chi connectivity index (χ0n) is 46.3. The Balaban J connectivity index is 3.86. The minimum absolute atomic E-state index is 0.0533. The van der Waals surface area contributed by atoms with Crippen molar-refractivity contribution in [2.45, 2.75) is 289 Å². The first kappa shape index (κ1) is 67.5. The molecule has 0 aromatic heterocycles. The van der Waals surface area contributed by atoms with E-state index in [4.69, 9.17) is 9.05 Å². The second-order valence-corrected chi connectivity index (χ2v) is 22.8. The lowest BCUT2D eigenvalue weighted by Gasteiger charge is -2.25. The van der Waals surface area contributed by atoms with Crippen LogP contribution in [0.15, 0.2) is 48.6 Å². The predicted octanol–water partition coefficient (Wildman–Crippen LogP) is 17.9. The third-order valence-corrected chi connectivity index (χ3v) is 14.2. The number of carbonyl (C=O) groups excluding carboxylic acids is 1. The van der Waals surface area contributed by atoms with Crippen molar-refractivity contribution in [3.8, 4) is 0 Å². The molecule has 1 amide bonds. The number of phosphoric acid groups is 1. The van der Waals surface area contributed by atoms with Gasteiger partial charge in [-0.1, -0.05) is 255 Å². The van der Waals surface area contributed by atoms with Crippen LogP contribution in [0.4, 0.5) is 0 Å². The molecule has 0 radical (unpaired) electrons. The fraction of sp³-hybridized carbons (Fsp3) is 0.850. The van der Waals surface area contributed by atoms with Gasteiger partial charge in [-0.15, -0.1) is 0 Å². The Morgan fingerprint density at radius 1 is 0.493 bits per heavy atom. The molecule has 0 aliphatic rings. The Labute approximate surface area is 429 Å². The molecule has 3 N–H and O–H groups in total. The molecule has 0 saturated carbocycles. The SMILES string of the molecule is CC/C=C/CC/C=C/CC/C=C/C(O)C(COP(=O)(O)OCC[N+](C)(C)C)NC(=O)CCCCCCCCCCCCCCCCCCC/C=C\CCCCCCCCCCCCCCCCCC. The van der Waals surface area contributed by atoms with Crippen LogP contribution in [0, 0.1) is 0 Å². The van der Waals surface area contributed by atoms with Gasteiger partial charge in [-0.3, -0.25) is 13.8 Å². The molecule has 406 valence electrons. The van der Waals surface area contributed by atoms with Gasteiger partial charge in [0, 0.05) is 6.42 Å². The molecule has 0 saturated heterocycles. The third kappa shape index (κ3) is 54.1. The van der Waals surface area contributed by atoms with Crippen molar-refractivity contribution in [2.75, 3.05) is 40.9 Å². The van der Waals surface area contributed by atoms with Gasteiger partial charge >= 0.3 is 7.82 Å². The number of hydrogen-bond acceptors (Lipinski definition) is 5. The van der Waals surface area contributed by atoms with Crippen LogP contribution < -0.4 is 5.32 Å². The van der Waals surface area contributed by atoms with Gasteiger partial charge in [0.05, 0.1) is 39.9 Å². The van der Waals surface area contributed by atoms with Crippen molar-refractivity contribution < 1.29 is 32.9 Å². The van der Waals surface area contributed by atoms with Crippen LogP contribution in [0.1, 0.15) is 277 Å². The Kier molecular flexibility index (Phi) is 50.2. The van der Waals surface area contributed by atoms with Gasteiger partial charge in [-0.2, -0.15) is 0 Å². The molecule has 69 heavy (non-hydrogen) atoms. The number of quaternary nitrogens is 1. The lowest BCUT2D eigenvalue weighted by atomic mass is 10.0. The van der Waals surface area contributed by atoms with E-state index in [0.717, 1.165) is 51.4 Å². The molecule has 0 aliphatic heterocycles. The topological polar surface area (TPSA) is 105 Å².